The maximum absolute atomic E-state index is 12.3. The first-order valence-electron chi connectivity index (χ1n) is 8.51. The Morgan fingerprint density at radius 3 is 2.46 bits per heavy atom. The number of nitrogens with zero attached hydrogens (tertiary/aromatic N) is 1. The summed E-state index contributed by atoms with van der Waals surface area (Å²) >= 11 is 0. The third kappa shape index (κ3) is 4.11. The van der Waals surface area contributed by atoms with E-state index in [-0.39, 0.29) is 12.5 Å². The lowest BCUT2D eigenvalue weighted by Crippen LogP contribution is -2.37. The number of carbonyl (C=O) groups excluding carboxylic acids is 2. The minimum Gasteiger partial charge on any atom is -0.496 e. The molecule has 0 unspecified atom stereocenters. The van der Waals surface area contributed by atoms with Crippen LogP contribution in [0.3, 0.4) is 0 Å². The van der Waals surface area contributed by atoms with Crippen LogP contribution in [0.5, 0.6) is 5.75 Å². The Bertz CT molecular complexity index is 814. The SMILES string of the molecule is COc1ccccc1C(=O)OCC(=O)N1CC=C(c2ccccc2)CC1. The van der Waals surface area contributed by atoms with E-state index in [1.165, 1.54) is 18.2 Å². The summed E-state index contributed by atoms with van der Waals surface area (Å²) in [6.07, 6.45) is 2.84. The molecule has 3 rings (SSSR count). The minimum absolute atomic E-state index is 0.198. The van der Waals surface area contributed by atoms with Gasteiger partial charge in [0.2, 0.25) is 0 Å². The average Bonchev–Trinajstić information content (AvgIpc) is 2.72. The zero-order valence-corrected chi connectivity index (χ0v) is 14.7. The third-order valence-corrected chi connectivity index (χ3v) is 4.36. The van der Waals surface area contributed by atoms with Crippen molar-refractivity contribution in [3.63, 3.8) is 0 Å². The summed E-state index contributed by atoms with van der Waals surface area (Å²) in [5, 5.41) is 0. The first-order valence-corrected chi connectivity index (χ1v) is 8.51. The molecule has 2 aromatic carbocycles. The molecular weight excluding hydrogens is 330 g/mol. The lowest BCUT2D eigenvalue weighted by Gasteiger charge is -2.26. The van der Waals surface area contributed by atoms with E-state index in [1.54, 1.807) is 29.2 Å². The second-order valence-corrected chi connectivity index (χ2v) is 5.96. The number of carbonyl (C=O) groups is 2. The first kappa shape index (κ1) is 17.7. The van der Waals surface area contributed by atoms with Crippen molar-refractivity contribution in [1.29, 1.82) is 0 Å². The van der Waals surface area contributed by atoms with Crippen molar-refractivity contribution < 1.29 is 19.1 Å². The summed E-state index contributed by atoms with van der Waals surface area (Å²) in [5.74, 6) is -0.330. The molecular formula is C21H21NO4. The lowest BCUT2D eigenvalue weighted by atomic mass is 10.00. The summed E-state index contributed by atoms with van der Waals surface area (Å²) < 4.78 is 10.3. The highest BCUT2D eigenvalue weighted by atomic mass is 16.5. The molecule has 1 heterocycles. The monoisotopic (exact) mass is 351 g/mol. The number of benzene rings is 2. The van der Waals surface area contributed by atoms with Crippen molar-refractivity contribution in [3.05, 3.63) is 71.8 Å². The fraction of sp³-hybridized carbons (Fsp3) is 0.238. The van der Waals surface area contributed by atoms with E-state index in [1.807, 2.05) is 18.2 Å². The molecule has 5 nitrogen and oxygen atoms in total. The van der Waals surface area contributed by atoms with Gasteiger partial charge in [-0.2, -0.15) is 0 Å². The molecule has 1 aliphatic heterocycles. The number of rotatable bonds is 5. The van der Waals surface area contributed by atoms with E-state index in [0.717, 1.165) is 6.42 Å². The Hall–Kier alpha value is -3.08. The van der Waals surface area contributed by atoms with E-state index in [2.05, 4.69) is 18.2 Å². The van der Waals surface area contributed by atoms with Crippen molar-refractivity contribution in [1.82, 2.24) is 4.90 Å². The molecule has 0 fully saturated rings. The van der Waals surface area contributed by atoms with E-state index in [9.17, 15) is 9.59 Å². The van der Waals surface area contributed by atoms with Crippen molar-refractivity contribution in [2.75, 3.05) is 26.8 Å². The topological polar surface area (TPSA) is 55.8 Å². The van der Waals surface area contributed by atoms with Gasteiger partial charge in [0.15, 0.2) is 6.61 Å². The van der Waals surface area contributed by atoms with Crippen LogP contribution in [0.4, 0.5) is 0 Å². The molecule has 0 saturated carbocycles. The standard InChI is InChI=1S/C21H21NO4/c1-25-19-10-6-5-9-18(19)21(24)26-15-20(23)22-13-11-17(12-14-22)16-7-3-2-4-8-16/h2-11H,12-15H2,1H3. The van der Waals surface area contributed by atoms with Crippen LogP contribution < -0.4 is 4.74 Å². The highest BCUT2D eigenvalue weighted by Gasteiger charge is 2.20. The number of para-hydroxylation sites is 1. The van der Waals surface area contributed by atoms with Gasteiger partial charge in [0, 0.05) is 13.1 Å². The van der Waals surface area contributed by atoms with Crippen LogP contribution in [0.25, 0.3) is 5.57 Å². The van der Waals surface area contributed by atoms with Gasteiger partial charge in [-0.3, -0.25) is 4.79 Å². The van der Waals surface area contributed by atoms with Crippen LogP contribution in [0.2, 0.25) is 0 Å². The van der Waals surface area contributed by atoms with Crippen molar-refractivity contribution in [3.8, 4) is 5.75 Å². The molecule has 1 aliphatic rings. The molecule has 0 atom stereocenters. The van der Waals surface area contributed by atoms with Crippen molar-refractivity contribution >= 4 is 17.4 Å². The van der Waals surface area contributed by atoms with Crippen molar-refractivity contribution in [2.24, 2.45) is 0 Å². The Morgan fingerprint density at radius 1 is 1.04 bits per heavy atom. The Labute approximate surface area is 152 Å². The zero-order chi connectivity index (χ0) is 18.4. The van der Waals surface area contributed by atoms with Crippen LogP contribution >= 0.6 is 0 Å². The van der Waals surface area contributed by atoms with E-state index in [4.69, 9.17) is 9.47 Å². The predicted molar refractivity (Wildman–Crippen MR) is 98.9 cm³/mol. The molecule has 134 valence electrons. The number of ether oxygens (including phenoxy) is 2. The van der Waals surface area contributed by atoms with Crippen LogP contribution in [-0.2, 0) is 9.53 Å². The first-order chi connectivity index (χ1) is 12.7. The molecule has 0 aliphatic carbocycles. The molecule has 0 bridgehead atoms. The maximum Gasteiger partial charge on any atom is 0.342 e. The molecule has 0 saturated heterocycles. The highest BCUT2D eigenvalue weighted by molar-refractivity contribution is 5.94. The molecule has 2 aromatic rings. The molecule has 0 radical (unpaired) electrons. The van der Waals surface area contributed by atoms with Gasteiger partial charge in [0.25, 0.3) is 5.91 Å². The van der Waals surface area contributed by atoms with Crippen LogP contribution in [0.1, 0.15) is 22.3 Å². The highest BCUT2D eigenvalue weighted by Crippen LogP contribution is 2.22. The number of methoxy groups -OCH3 is 1. The Morgan fingerprint density at radius 2 is 1.77 bits per heavy atom. The molecule has 0 aromatic heterocycles. The summed E-state index contributed by atoms with van der Waals surface area (Å²) in [6.45, 7) is 0.867. The van der Waals surface area contributed by atoms with Gasteiger partial charge in [-0.05, 0) is 29.7 Å². The number of hydrogen-bond donors (Lipinski definition) is 0. The van der Waals surface area contributed by atoms with Gasteiger partial charge in [0.1, 0.15) is 11.3 Å². The quantitative estimate of drug-likeness (QED) is 0.777. The number of amides is 1. The van der Waals surface area contributed by atoms with E-state index in [0.29, 0.717) is 24.4 Å². The molecule has 1 amide bonds. The largest absolute Gasteiger partial charge is 0.496 e. The van der Waals surface area contributed by atoms with Crippen molar-refractivity contribution in [2.45, 2.75) is 6.42 Å². The molecule has 26 heavy (non-hydrogen) atoms. The van der Waals surface area contributed by atoms with E-state index < -0.39 is 5.97 Å². The number of esters is 1. The summed E-state index contributed by atoms with van der Waals surface area (Å²) in [6, 6.07) is 16.9. The van der Waals surface area contributed by atoms with Gasteiger partial charge in [0.05, 0.1) is 7.11 Å². The normalized spacial score (nSPS) is 13.7. The van der Waals surface area contributed by atoms with Crippen LogP contribution in [0, 0.1) is 0 Å². The van der Waals surface area contributed by atoms with Crippen LogP contribution in [-0.4, -0.2) is 43.6 Å². The van der Waals surface area contributed by atoms with Crippen LogP contribution in [0.15, 0.2) is 60.7 Å². The van der Waals surface area contributed by atoms with Gasteiger partial charge in [-0.1, -0.05) is 48.5 Å². The molecule has 0 spiro atoms. The summed E-state index contributed by atoms with van der Waals surface area (Å²) in [4.78, 5) is 26.2. The minimum atomic E-state index is -0.562. The van der Waals surface area contributed by atoms with Gasteiger partial charge < -0.3 is 14.4 Å². The fourth-order valence-corrected chi connectivity index (χ4v) is 2.92. The van der Waals surface area contributed by atoms with Gasteiger partial charge in [-0.15, -0.1) is 0 Å². The van der Waals surface area contributed by atoms with Gasteiger partial charge >= 0.3 is 5.97 Å². The average molecular weight is 351 g/mol. The predicted octanol–water partition coefficient (Wildman–Crippen LogP) is 3.17. The van der Waals surface area contributed by atoms with E-state index >= 15 is 0 Å². The fourth-order valence-electron chi connectivity index (χ4n) is 2.92. The summed E-state index contributed by atoms with van der Waals surface area (Å²) in [5.41, 5.74) is 2.73. The second kappa shape index (κ2) is 8.34. The lowest BCUT2D eigenvalue weighted by molar-refractivity contribution is -0.134. The summed E-state index contributed by atoms with van der Waals surface area (Å²) in [7, 11) is 1.49. The Kier molecular flexibility index (Phi) is 5.69. The number of hydrogen-bond acceptors (Lipinski definition) is 4. The third-order valence-electron chi connectivity index (χ3n) is 4.36. The molecule has 0 N–H and O–H groups in total. The Balaban J connectivity index is 1.55. The second-order valence-electron chi connectivity index (χ2n) is 5.96. The zero-order valence-electron chi connectivity index (χ0n) is 14.7. The maximum atomic E-state index is 12.3. The van der Waals surface area contributed by atoms with Gasteiger partial charge in [-0.25, -0.2) is 4.79 Å². The smallest absolute Gasteiger partial charge is 0.342 e. The molecule has 5 heteroatoms.